The number of fused-ring (bicyclic) bond motifs is 5. The number of rotatable bonds is 5. The van der Waals surface area contributed by atoms with Crippen LogP contribution in [0.15, 0.2) is 52.6 Å². The molecule has 4 aliphatic carbocycles. The van der Waals surface area contributed by atoms with Gasteiger partial charge in [0.1, 0.15) is 0 Å². The van der Waals surface area contributed by atoms with Crippen molar-refractivity contribution in [2.24, 2.45) is 28.6 Å². The molecule has 1 aromatic rings. The quantitative estimate of drug-likeness (QED) is 0.388. The van der Waals surface area contributed by atoms with E-state index in [9.17, 15) is 18.6 Å². The van der Waals surface area contributed by atoms with E-state index in [1.165, 1.54) is 5.57 Å². The van der Waals surface area contributed by atoms with Gasteiger partial charge >= 0.3 is 0 Å². The van der Waals surface area contributed by atoms with Gasteiger partial charge in [-0.15, -0.1) is 4.83 Å². The summed E-state index contributed by atoms with van der Waals surface area (Å²) in [5.41, 5.74) is 6.03. The molecule has 2 saturated carbocycles. The Kier molecular flexibility index (Phi) is 5.75. The first-order valence-electron chi connectivity index (χ1n) is 12.2. The number of aliphatic hydroxyl groups excluding tert-OH is 2. The Hall–Kier alpha value is -1.67. The second-order valence-electron chi connectivity index (χ2n) is 10.9. The molecule has 0 spiro atoms. The summed E-state index contributed by atoms with van der Waals surface area (Å²) in [6.07, 6.45) is 10.4. The second kappa shape index (κ2) is 8.22. The largest absolute Gasteiger partial charge is 0.395 e. The summed E-state index contributed by atoms with van der Waals surface area (Å²) < 4.78 is 25.6. The SMILES string of the molecule is Cc1ccc(S(=O)(=O)NNC2=CC[C@H]3[C@@H]4CC=C5CC(O)CC[C@]5(CO)[C@H]4CC[C@]23C)cc1. The third kappa shape index (κ3) is 3.68. The van der Waals surface area contributed by atoms with Crippen LogP contribution in [0, 0.1) is 35.5 Å². The van der Waals surface area contributed by atoms with Crippen LogP contribution in [0.1, 0.15) is 57.4 Å². The fraction of sp³-hybridized carbons (Fsp3) is 0.615. The van der Waals surface area contributed by atoms with Crippen molar-refractivity contribution >= 4 is 10.0 Å². The Balaban J connectivity index is 1.34. The van der Waals surface area contributed by atoms with E-state index in [4.69, 9.17) is 0 Å². The number of nitrogens with one attached hydrogen (secondary N) is 2. The second-order valence-corrected chi connectivity index (χ2v) is 12.6. The van der Waals surface area contributed by atoms with E-state index in [-0.39, 0.29) is 28.4 Å². The molecule has 0 heterocycles. The molecule has 0 amide bonds. The van der Waals surface area contributed by atoms with Crippen LogP contribution in [0.3, 0.4) is 0 Å². The smallest absolute Gasteiger partial charge is 0.257 e. The summed E-state index contributed by atoms with van der Waals surface area (Å²) in [4.78, 5) is 2.86. The van der Waals surface area contributed by atoms with Gasteiger partial charge in [0.05, 0.1) is 17.6 Å². The number of aliphatic hydroxyl groups is 2. The average molecular weight is 473 g/mol. The Morgan fingerprint density at radius 2 is 1.82 bits per heavy atom. The van der Waals surface area contributed by atoms with Crippen molar-refractivity contribution in [2.45, 2.75) is 69.8 Å². The molecule has 1 aromatic carbocycles. The lowest BCUT2D eigenvalue weighted by Gasteiger charge is -2.58. The molecule has 6 atom stereocenters. The molecule has 180 valence electrons. The lowest BCUT2D eigenvalue weighted by molar-refractivity contribution is -0.0613. The Bertz CT molecular complexity index is 1080. The van der Waals surface area contributed by atoms with Crippen LogP contribution < -0.4 is 10.3 Å². The number of hydrazine groups is 1. The van der Waals surface area contributed by atoms with Crippen LogP contribution in [0.5, 0.6) is 0 Å². The zero-order valence-electron chi connectivity index (χ0n) is 19.5. The van der Waals surface area contributed by atoms with E-state index in [0.717, 1.165) is 49.8 Å². The van der Waals surface area contributed by atoms with E-state index in [1.54, 1.807) is 24.3 Å². The van der Waals surface area contributed by atoms with Gasteiger partial charge in [-0.1, -0.05) is 42.3 Å². The Morgan fingerprint density at radius 3 is 2.55 bits per heavy atom. The third-order valence-corrected chi connectivity index (χ3v) is 10.6. The average Bonchev–Trinajstić information content (AvgIpc) is 3.14. The van der Waals surface area contributed by atoms with E-state index >= 15 is 0 Å². The van der Waals surface area contributed by atoms with Gasteiger partial charge in [-0.05, 0) is 81.8 Å². The summed E-state index contributed by atoms with van der Waals surface area (Å²) in [5, 5.41) is 20.7. The van der Waals surface area contributed by atoms with Gasteiger partial charge in [0, 0.05) is 16.5 Å². The molecule has 2 fully saturated rings. The molecule has 6 nitrogen and oxygen atoms in total. The molecular formula is C26H36N2O4S. The highest BCUT2D eigenvalue weighted by molar-refractivity contribution is 7.89. The molecule has 0 radical (unpaired) electrons. The number of hydrogen-bond acceptors (Lipinski definition) is 5. The fourth-order valence-corrected chi connectivity index (χ4v) is 8.25. The molecule has 0 saturated heterocycles. The van der Waals surface area contributed by atoms with E-state index in [2.05, 4.69) is 29.3 Å². The summed E-state index contributed by atoms with van der Waals surface area (Å²) in [5.74, 6) is 1.29. The van der Waals surface area contributed by atoms with Gasteiger partial charge in [-0.3, -0.25) is 0 Å². The van der Waals surface area contributed by atoms with Gasteiger partial charge in [0.2, 0.25) is 0 Å². The van der Waals surface area contributed by atoms with Crippen LogP contribution in [0.25, 0.3) is 0 Å². The number of allylic oxidation sites excluding steroid dienone is 3. The Morgan fingerprint density at radius 1 is 1.06 bits per heavy atom. The third-order valence-electron chi connectivity index (χ3n) is 9.32. The first kappa shape index (κ1) is 23.1. The zero-order valence-corrected chi connectivity index (χ0v) is 20.4. The molecule has 7 heteroatoms. The van der Waals surface area contributed by atoms with Crippen molar-refractivity contribution in [1.29, 1.82) is 0 Å². The van der Waals surface area contributed by atoms with Crippen molar-refractivity contribution in [3.63, 3.8) is 0 Å². The normalized spacial score (nSPS) is 37.9. The first-order chi connectivity index (χ1) is 15.7. The highest BCUT2D eigenvalue weighted by Crippen LogP contribution is 2.64. The minimum atomic E-state index is -3.66. The van der Waals surface area contributed by atoms with Crippen molar-refractivity contribution in [3.8, 4) is 0 Å². The topological polar surface area (TPSA) is 98.7 Å². The fourth-order valence-electron chi connectivity index (χ4n) is 7.39. The molecular weight excluding hydrogens is 436 g/mol. The van der Waals surface area contributed by atoms with Gasteiger partial charge < -0.3 is 15.6 Å². The van der Waals surface area contributed by atoms with E-state index in [1.807, 2.05) is 6.92 Å². The van der Waals surface area contributed by atoms with Crippen LogP contribution in [-0.2, 0) is 10.0 Å². The molecule has 4 aliphatic rings. The molecule has 0 bridgehead atoms. The predicted molar refractivity (Wildman–Crippen MR) is 127 cm³/mol. The highest BCUT2D eigenvalue weighted by atomic mass is 32.2. The van der Waals surface area contributed by atoms with E-state index in [0.29, 0.717) is 24.2 Å². The van der Waals surface area contributed by atoms with Gasteiger partial charge in [-0.2, -0.15) is 0 Å². The predicted octanol–water partition coefficient (Wildman–Crippen LogP) is 3.57. The number of benzene rings is 1. The van der Waals surface area contributed by atoms with Crippen molar-refractivity contribution in [2.75, 3.05) is 6.61 Å². The van der Waals surface area contributed by atoms with E-state index < -0.39 is 10.0 Å². The van der Waals surface area contributed by atoms with Crippen molar-refractivity contribution < 1.29 is 18.6 Å². The minimum Gasteiger partial charge on any atom is -0.395 e. The Labute approximate surface area is 197 Å². The van der Waals surface area contributed by atoms with Gasteiger partial charge in [0.25, 0.3) is 10.0 Å². The summed E-state index contributed by atoms with van der Waals surface area (Å²) in [6, 6.07) is 6.85. The molecule has 33 heavy (non-hydrogen) atoms. The van der Waals surface area contributed by atoms with Crippen LogP contribution in [0.2, 0.25) is 0 Å². The highest BCUT2D eigenvalue weighted by Gasteiger charge is 2.58. The van der Waals surface area contributed by atoms with Crippen LogP contribution in [-0.4, -0.2) is 31.3 Å². The lowest BCUT2D eigenvalue weighted by Crippen LogP contribution is -2.53. The molecule has 4 N–H and O–H groups in total. The molecule has 0 aliphatic heterocycles. The van der Waals surface area contributed by atoms with Crippen molar-refractivity contribution in [1.82, 2.24) is 10.3 Å². The standard InChI is InChI=1S/C26H36N2O4S/c1-17-3-6-20(7-4-17)33(31,32)28-27-24-10-9-22-21-8-5-18-15-19(30)11-14-26(18,16-29)23(21)12-13-25(22,24)2/h3-7,10,19,21-23,27-30H,8-9,11-16H2,1-2H3/t19?,21-,22-,23-,25-,26+/m0/s1. The summed E-state index contributed by atoms with van der Waals surface area (Å²) >= 11 is 0. The molecule has 5 rings (SSSR count). The van der Waals surface area contributed by atoms with Crippen LogP contribution in [0.4, 0.5) is 0 Å². The molecule has 0 aromatic heterocycles. The maximum absolute atomic E-state index is 12.8. The summed E-state index contributed by atoms with van der Waals surface area (Å²) in [7, 11) is -3.66. The minimum absolute atomic E-state index is 0.118. The number of hydrogen-bond donors (Lipinski definition) is 4. The van der Waals surface area contributed by atoms with Gasteiger partial charge in [-0.25, -0.2) is 8.42 Å². The number of aryl methyl sites for hydroxylation is 1. The lowest BCUT2D eigenvalue weighted by atomic mass is 9.47. The summed E-state index contributed by atoms with van der Waals surface area (Å²) in [6.45, 7) is 4.35. The maximum Gasteiger partial charge on any atom is 0.257 e. The van der Waals surface area contributed by atoms with Gasteiger partial charge in [0.15, 0.2) is 0 Å². The number of sulfonamides is 1. The monoisotopic (exact) mass is 472 g/mol. The molecule has 1 unspecified atom stereocenters. The van der Waals surface area contributed by atoms with Crippen LogP contribution >= 0.6 is 0 Å². The first-order valence-corrected chi connectivity index (χ1v) is 13.7. The maximum atomic E-state index is 12.8. The van der Waals surface area contributed by atoms with Crippen molar-refractivity contribution in [3.05, 3.63) is 53.3 Å². The zero-order chi connectivity index (χ0) is 23.4.